The molecule has 0 aliphatic carbocycles. The van der Waals surface area contributed by atoms with Crippen LogP contribution in [0.2, 0.25) is 0 Å². The SMILES string of the molecule is CC(C)(C)c1ccc([C@H](O)CN2CCC3(CC2)C[C@@H](O)c2ccccc2O3)cc1. The van der Waals surface area contributed by atoms with Crippen LogP contribution in [0, 0.1) is 0 Å². The quantitative estimate of drug-likeness (QED) is 0.810. The van der Waals surface area contributed by atoms with E-state index in [0.29, 0.717) is 13.0 Å². The van der Waals surface area contributed by atoms with E-state index in [4.69, 9.17) is 4.74 Å². The Bertz CT molecular complexity index is 832. The second kappa shape index (κ2) is 7.75. The molecule has 2 aromatic carbocycles. The van der Waals surface area contributed by atoms with Crippen LogP contribution in [-0.4, -0.2) is 40.3 Å². The first-order valence-corrected chi connectivity index (χ1v) is 10.7. The number of aliphatic hydroxyl groups excluding tert-OH is 2. The maximum atomic E-state index is 10.7. The molecule has 0 saturated carbocycles. The number of benzene rings is 2. The third-order valence-corrected chi connectivity index (χ3v) is 6.53. The highest BCUT2D eigenvalue weighted by Gasteiger charge is 2.42. The summed E-state index contributed by atoms with van der Waals surface area (Å²) in [5, 5.41) is 21.3. The number of rotatable bonds is 3. The minimum absolute atomic E-state index is 0.119. The lowest BCUT2D eigenvalue weighted by atomic mass is 9.81. The molecule has 4 nitrogen and oxygen atoms in total. The van der Waals surface area contributed by atoms with Gasteiger partial charge in [-0.05, 0) is 35.4 Å². The van der Waals surface area contributed by atoms with Crippen molar-refractivity contribution in [1.29, 1.82) is 0 Å². The lowest BCUT2D eigenvalue weighted by Crippen LogP contribution is -2.51. The molecule has 2 heterocycles. The number of nitrogens with zero attached hydrogens (tertiary/aromatic N) is 1. The molecule has 1 spiro atoms. The number of β-amino-alcohol motifs (C(OH)–C–C–N with tert-alkyl or cyclic N) is 1. The fourth-order valence-electron chi connectivity index (χ4n) is 4.59. The Kier molecular flexibility index (Phi) is 5.45. The maximum absolute atomic E-state index is 10.7. The highest BCUT2D eigenvalue weighted by atomic mass is 16.5. The summed E-state index contributed by atoms with van der Waals surface area (Å²) in [7, 11) is 0. The van der Waals surface area contributed by atoms with Crippen LogP contribution < -0.4 is 4.74 Å². The van der Waals surface area contributed by atoms with Crippen LogP contribution in [0.15, 0.2) is 48.5 Å². The van der Waals surface area contributed by atoms with Crippen LogP contribution >= 0.6 is 0 Å². The first kappa shape index (κ1) is 20.4. The average Bonchev–Trinajstić information content (AvgIpc) is 2.69. The topological polar surface area (TPSA) is 52.9 Å². The van der Waals surface area contributed by atoms with Crippen molar-refractivity contribution in [2.24, 2.45) is 0 Å². The fraction of sp³-hybridized carbons (Fsp3) is 0.520. The molecular formula is C25H33NO3. The highest BCUT2D eigenvalue weighted by Crippen LogP contribution is 2.44. The summed E-state index contributed by atoms with van der Waals surface area (Å²) in [6, 6.07) is 16.2. The van der Waals surface area contributed by atoms with Gasteiger partial charge in [0.25, 0.3) is 0 Å². The smallest absolute Gasteiger partial charge is 0.125 e. The Morgan fingerprint density at radius 2 is 1.72 bits per heavy atom. The van der Waals surface area contributed by atoms with Crippen molar-refractivity contribution in [2.45, 2.75) is 63.3 Å². The molecule has 0 unspecified atom stereocenters. The van der Waals surface area contributed by atoms with Crippen molar-refractivity contribution in [1.82, 2.24) is 4.90 Å². The first-order chi connectivity index (χ1) is 13.8. The summed E-state index contributed by atoms with van der Waals surface area (Å²) in [6.45, 7) is 8.96. The summed E-state index contributed by atoms with van der Waals surface area (Å²) in [4.78, 5) is 2.31. The lowest BCUT2D eigenvalue weighted by Gasteiger charge is -2.46. The molecule has 2 aromatic rings. The molecule has 0 radical (unpaired) electrons. The van der Waals surface area contributed by atoms with E-state index in [-0.39, 0.29) is 11.0 Å². The average molecular weight is 396 g/mol. The molecule has 2 N–H and O–H groups in total. The van der Waals surface area contributed by atoms with Gasteiger partial charge in [0.15, 0.2) is 0 Å². The van der Waals surface area contributed by atoms with Gasteiger partial charge in [-0.25, -0.2) is 0 Å². The molecule has 29 heavy (non-hydrogen) atoms. The zero-order valence-corrected chi connectivity index (χ0v) is 17.8. The first-order valence-electron chi connectivity index (χ1n) is 10.7. The Hall–Kier alpha value is -1.88. The van der Waals surface area contributed by atoms with E-state index < -0.39 is 12.2 Å². The van der Waals surface area contributed by atoms with Gasteiger partial charge in [-0.3, -0.25) is 0 Å². The van der Waals surface area contributed by atoms with Crippen molar-refractivity contribution in [3.05, 3.63) is 65.2 Å². The van der Waals surface area contributed by atoms with E-state index in [9.17, 15) is 10.2 Å². The summed E-state index contributed by atoms with van der Waals surface area (Å²) in [5.74, 6) is 0.818. The molecule has 0 bridgehead atoms. The monoisotopic (exact) mass is 395 g/mol. The van der Waals surface area contributed by atoms with E-state index in [0.717, 1.165) is 42.8 Å². The van der Waals surface area contributed by atoms with Crippen LogP contribution in [0.5, 0.6) is 5.75 Å². The molecule has 2 aliphatic heterocycles. The second-order valence-corrected chi connectivity index (χ2v) is 9.73. The number of piperidine rings is 1. The standard InChI is InChI=1S/C25H33NO3/c1-24(2,3)19-10-8-18(9-11-19)22(28)17-26-14-12-25(13-15-26)16-21(27)20-6-4-5-7-23(20)29-25/h4-11,21-22,27-28H,12-17H2,1-3H3/t21-,22-/m1/s1. The van der Waals surface area contributed by atoms with Crippen molar-refractivity contribution in [2.75, 3.05) is 19.6 Å². The zero-order chi connectivity index (χ0) is 20.6. The van der Waals surface area contributed by atoms with Gasteiger partial charge >= 0.3 is 0 Å². The number of fused-ring (bicyclic) bond motifs is 1. The van der Waals surface area contributed by atoms with E-state index in [2.05, 4.69) is 37.8 Å². The van der Waals surface area contributed by atoms with Gasteiger partial charge < -0.3 is 19.8 Å². The predicted molar refractivity (Wildman–Crippen MR) is 115 cm³/mol. The largest absolute Gasteiger partial charge is 0.487 e. The van der Waals surface area contributed by atoms with E-state index in [1.54, 1.807) is 0 Å². The molecule has 4 heteroatoms. The summed E-state index contributed by atoms with van der Waals surface area (Å²) in [6.07, 6.45) is 1.44. The number of hydrogen-bond acceptors (Lipinski definition) is 4. The molecular weight excluding hydrogens is 362 g/mol. The summed E-state index contributed by atoms with van der Waals surface area (Å²) >= 11 is 0. The number of likely N-dealkylation sites (tertiary alicyclic amines) is 1. The van der Waals surface area contributed by atoms with Crippen molar-refractivity contribution in [3.63, 3.8) is 0 Å². The molecule has 1 saturated heterocycles. The third kappa shape index (κ3) is 4.35. The molecule has 2 aliphatic rings. The molecule has 0 aromatic heterocycles. The molecule has 4 rings (SSSR count). The van der Waals surface area contributed by atoms with Gasteiger partial charge in [-0.1, -0.05) is 63.2 Å². The van der Waals surface area contributed by atoms with Crippen molar-refractivity contribution < 1.29 is 14.9 Å². The van der Waals surface area contributed by atoms with Crippen LogP contribution in [0.1, 0.15) is 68.9 Å². The summed E-state index contributed by atoms with van der Waals surface area (Å²) in [5.41, 5.74) is 2.98. The van der Waals surface area contributed by atoms with E-state index in [1.807, 2.05) is 36.4 Å². The Labute approximate surface area is 174 Å². The Morgan fingerprint density at radius 3 is 2.38 bits per heavy atom. The normalized spacial score (nSPS) is 22.7. The maximum Gasteiger partial charge on any atom is 0.125 e. The minimum atomic E-state index is -0.489. The van der Waals surface area contributed by atoms with Crippen LogP contribution in [-0.2, 0) is 5.41 Å². The third-order valence-electron chi connectivity index (χ3n) is 6.53. The molecule has 2 atom stereocenters. The van der Waals surface area contributed by atoms with Crippen molar-refractivity contribution in [3.8, 4) is 5.75 Å². The van der Waals surface area contributed by atoms with E-state index in [1.165, 1.54) is 5.56 Å². The minimum Gasteiger partial charge on any atom is -0.487 e. The fourth-order valence-corrected chi connectivity index (χ4v) is 4.59. The van der Waals surface area contributed by atoms with Gasteiger partial charge in [0.05, 0.1) is 12.2 Å². The molecule has 0 amide bonds. The van der Waals surface area contributed by atoms with Crippen LogP contribution in [0.25, 0.3) is 0 Å². The lowest BCUT2D eigenvalue weighted by molar-refractivity contribution is -0.0587. The van der Waals surface area contributed by atoms with Gasteiger partial charge in [-0.15, -0.1) is 0 Å². The Balaban J connectivity index is 1.36. The number of ether oxygens (including phenoxy) is 1. The number of para-hydroxylation sites is 1. The zero-order valence-electron chi connectivity index (χ0n) is 17.8. The summed E-state index contributed by atoms with van der Waals surface area (Å²) < 4.78 is 6.36. The molecule has 1 fully saturated rings. The highest BCUT2D eigenvalue weighted by molar-refractivity contribution is 5.38. The van der Waals surface area contributed by atoms with Gasteiger partial charge in [0, 0.05) is 31.6 Å². The predicted octanol–water partition coefficient (Wildman–Crippen LogP) is 4.37. The number of aliphatic hydroxyl groups is 2. The van der Waals surface area contributed by atoms with E-state index >= 15 is 0 Å². The molecule has 156 valence electrons. The Morgan fingerprint density at radius 1 is 1.07 bits per heavy atom. The second-order valence-electron chi connectivity index (χ2n) is 9.73. The van der Waals surface area contributed by atoms with Gasteiger partial charge in [0.2, 0.25) is 0 Å². The van der Waals surface area contributed by atoms with Crippen LogP contribution in [0.3, 0.4) is 0 Å². The number of hydrogen-bond donors (Lipinski definition) is 2. The van der Waals surface area contributed by atoms with Gasteiger partial charge in [-0.2, -0.15) is 0 Å². The van der Waals surface area contributed by atoms with Crippen LogP contribution in [0.4, 0.5) is 0 Å². The van der Waals surface area contributed by atoms with Crippen molar-refractivity contribution >= 4 is 0 Å². The van der Waals surface area contributed by atoms with Gasteiger partial charge in [0.1, 0.15) is 11.4 Å².